The standard InChI is InChI=1S/C17H26NO/c1-12-8-13(17(5,6)7)15-14(9-12)18(11-19-15)10-16(2,3)4/h8-10H,11H2,1-7H3/q+1/b18-10-. The highest BCUT2D eigenvalue weighted by molar-refractivity contribution is 5.65. The monoisotopic (exact) mass is 260 g/mol. The SMILES string of the molecule is Cc1cc2c(c(C(C)(C)C)c1)OC/[N+]2=C/C(C)(C)C. The normalized spacial score (nSPS) is 17.5. The Bertz CT molecular complexity index is 527. The summed E-state index contributed by atoms with van der Waals surface area (Å²) in [6.07, 6.45) is 2.25. The van der Waals surface area contributed by atoms with Gasteiger partial charge in [0.1, 0.15) is 0 Å². The molecule has 1 heterocycles. The predicted molar refractivity (Wildman–Crippen MR) is 80.8 cm³/mol. The largest absolute Gasteiger partial charge is 0.429 e. The molecule has 1 aliphatic rings. The van der Waals surface area contributed by atoms with Gasteiger partial charge in [0.15, 0.2) is 6.21 Å². The molecule has 0 aliphatic carbocycles. The summed E-state index contributed by atoms with van der Waals surface area (Å²) in [6.45, 7) is 16.1. The van der Waals surface area contributed by atoms with Crippen LogP contribution in [0.15, 0.2) is 12.1 Å². The Labute approximate surface area is 117 Å². The number of hydrogen-bond acceptors (Lipinski definition) is 1. The molecule has 0 atom stereocenters. The molecule has 19 heavy (non-hydrogen) atoms. The Balaban J connectivity index is 2.60. The van der Waals surface area contributed by atoms with E-state index in [9.17, 15) is 0 Å². The summed E-state index contributed by atoms with van der Waals surface area (Å²) in [5.74, 6) is 1.05. The molecule has 1 aromatic rings. The molecule has 0 N–H and O–H groups in total. The van der Waals surface area contributed by atoms with Crippen molar-refractivity contribution in [3.8, 4) is 5.75 Å². The van der Waals surface area contributed by atoms with Gasteiger partial charge in [-0.05, 0) is 17.9 Å². The second-order valence-electron chi connectivity index (χ2n) is 7.65. The van der Waals surface area contributed by atoms with Crippen LogP contribution in [0.25, 0.3) is 0 Å². The van der Waals surface area contributed by atoms with Crippen LogP contribution >= 0.6 is 0 Å². The van der Waals surface area contributed by atoms with E-state index in [-0.39, 0.29) is 10.8 Å². The molecule has 0 amide bonds. The van der Waals surface area contributed by atoms with E-state index in [1.165, 1.54) is 16.8 Å². The van der Waals surface area contributed by atoms with Crippen molar-refractivity contribution in [1.82, 2.24) is 0 Å². The van der Waals surface area contributed by atoms with Gasteiger partial charge in [-0.1, -0.05) is 47.6 Å². The van der Waals surface area contributed by atoms with Crippen LogP contribution in [0.4, 0.5) is 5.69 Å². The maximum Gasteiger partial charge on any atom is 0.292 e. The number of ether oxygens (including phenoxy) is 1. The molecule has 1 aliphatic heterocycles. The molecule has 2 nitrogen and oxygen atoms in total. The number of benzene rings is 1. The third-order valence-corrected chi connectivity index (χ3v) is 3.22. The van der Waals surface area contributed by atoms with Crippen molar-refractivity contribution in [2.45, 2.75) is 53.9 Å². The Hall–Kier alpha value is -1.31. The molecule has 0 radical (unpaired) electrons. The van der Waals surface area contributed by atoms with Gasteiger partial charge in [0.25, 0.3) is 12.4 Å². The molecule has 1 aromatic carbocycles. The highest BCUT2D eigenvalue weighted by Gasteiger charge is 2.33. The third kappa shape index (κ3) is 2.99. The van der Waals surface area contributed by atoms with Crippen molar-refractivity contribution >= 4 is 11.9 Å². The van der Waals surface area contributed by atoms with Gasteiger partial charge in [0.05, 0.1) is 0 Å². The first-order valence-electron chi connectivity index (χ1n) is 6.98. The van der Waals surface area contributed by atoms with E-state index in [1.807, 2.05) is 0 Å². The van der Waals surface area contributed by atoms with Gasteiger partial charge < -0.3 is 4.74 Å². The molecular weight excluding hydrogens is 234 g/mol. The highest BCUT2D eigenvalue weighted by atomic mass is 16.5. The van der Waals surface area contributed by atoms with E-state index in [4.69, 9.17) is 4.74 Å². The van der Waals surface area contributed by atoms with Crippen molar-refractivity contribution in [3.05, 3.63) is 23.3 Å². The fraction of sp³-hybridized carbons (Fsp3) is 0.588. The smallest absolute Gasteiger partial charge is 0.292 e. The van der Waals surface area contributed by atoms with Crippen LogP contribution in [0.2, 0.25) is 0 Å². The molecule has 2 rings (SSSR count). The van der Waals surface area contributed by atoms with Crippen molar-refractivity contribution in [2.24, 2.45) is 5.41 Å². The lowest BCUT2D eigenvalue weighted by atomic mass is 9.85. The Morgan fingerprint density at radius 3 is 2.26 bits per heavy atom. The summed E-state index contributed by atoms with van der Waals surface area (Å²) >= 11 is 0. The first-order valence-corrected chi connectivity index (χ1v) is 6.98. The summed E-state index contributed by atoms with van der Waals surface area (Å²) in [5, 5.41) is 0. The highest BCUT2D eigenvalue weighted by Crippen LogP contribution is 2.42. The van der Waals surface area contributed by atoms with Crippen LogP contribution in [0.3, 0.4) is 0 Å². The van der Waals surface area contributed by atoms with Gasteiger partial charge >= 0.3 is 0 Å². The van der Waals surface area contributed by atoms with Gasteiger partial charge in [-0.2, -0.15) is 4.58 Å². The Morgan fingerprint density at radius 1 is 1.11 bits per heavy atom. The number of aryl methyl sites for hydroxylation is 1. The first-order chi connectivity index (χ1) is 8.58. The lowest BCUT2D eigenvalue weighted by Gasteiger charge is -2.20. The minimum absolute atomic E-state index is 0.105. The summed E-state index contributed by atoms with van der Waals surface area (Å²) < 4.78 is 8.20. The predicted octanol–water partition coefficient (Wildman–Crippen LogP) is 4.40. The number of fused-ring (bicyclic) bond motifs is 1. The summed E-state index contributed by atoms with van der Waals surface area (Å²) in [7, 11) is 0. The van der Waals surface area contributed by atoms with Crippen LogP contribution in [-0.4, -0.2) is 17.5 Å². The molecule has 0 unspecified atom stereocenters. The van der Waals surface area contributed by atoms with Crippen LogP contribution in [0, 0.1) is 12.3 Å². The van der Waals surface area contributed by atoms with E-state index in [1.54, 1.807) is 0 Å². The summed E-state index contributed by atoms with van der Waals surface area (Å²) in [5.41, 5.74) is 4.05. The average Bonchev–Trinajstić information content (AvgIpc) is 2.56. The topological polar surface area (TPSA) is 12.2 Å². The van der Waals surface area contributed by atoms with Crippen LogP contribution in [0.1, 0.15) is 52.7 Å². The fourth-order valence-corrected chi connectivity index (χ4v) is 2.45. The van der Waals surface area contributed by atoms with Crippen molar-refractivity contribution in [3.63, 3.8) is 0 Å². The lowest BCUT2D eigenvalue weighted by molar-refractivity contribution is -0.456. The van der Waals surface area contributed by atoms with Crippen LogP contribution in [-0.2, 0) is 5.41 Å². The van der Waals surface area contributed by atoms with Crippen LogP contribution in [0.5, 0.6) is 5.75 Å². The quantitative estimate of drug-likeness (QED) is 0.630. The molecule has 0 bridgehead atoms. The molecule has 0 aromatic heterocycles. The molecule has 0 saturated carbocycles. The second kappa shape index (κ2) is 4.36. The van der Waals surface area contributed by atoms with Crippen molar-refractivity contribution < 1.29 is 9.31 Å². The van der Waals surface area contributed by atoms with E-state index < -0.39 is 0 Å². The zero-order valence-corrected chi connectivity index (χ0v) is 13.3. The lowest BCUT2D eigenvalue weighted by Crippen LogP contribution is -2.17. The molecule has 0 spiro atoms. The minimum atomic E-state index is 0.105. The zero-order valence-electron chi connectivity index (χ0n) is 13.3. The van der Waals surface area contributed by atoms with Gasteiger partial charge in [0.2, 0.25) is 5.75 Å². The molecule has 2 heteroatoms. The van der Waals surface area contributed by atoms with Gasteiger partial charge in [-0.25, -0.2) is 0 Å². The number of nitrogens with zero attached hydrogens (tertiary/aromatic N) is 1. The summed E-state index contributed by atoms with van der Waals surface area (Å²) in [4.78, 5) is 0. The second-order valence-corrected chi connectivity index (χ2v) is 7.65. The van der Waals surface area contributed by atoms with Gasteiger partial charge in [-0.15, -0.1) is 0 Å². The fourth-order valence-electron chi connectivity index (χ4n) is 2.45. The van der Waals surface area contributed by atoms with E-state index >= 15 is 0 Å². The molecule has 0 fully saturated rings. The van der Waals surface area contributed by atoms with Gasteiger partial charge in [0, 0.05) is 17.0 Å². The number of rotatable bonds is 0. The average molecular weight is 260 g/mol. The van der Waals surface area contributed by atoms with E-state index in [0.717, 1.165) is 5.75 Å². The first kappa shape index (κ1) is 14.1. The summed E-state index contributed by atoms with van der Waals surface area (Å²) in [6, 6.07) is 4.47. The molecular formula is C17H26NO+. The number of hydrogen-bond donors (Lipinski definition) is 0. The molecule has 0 saturated heterocycles. The van der Waals surface area contributed by atoms with Crippen LogP contribution < -0.4 is 4.74 Å². The van der Waals surface area contributed by atoms with E-state index in [0.29, 0.717) is 6.73 Å². The molecule has 104 valence electrons. The Morgan fingerprint density at radius 2 is 1.74 bits per heavy atom. The maximum atomic E-state index is 5.96. The zero-order chi connectivity index (χ0) is 14.4. The Kier molecular flexibility index (Phi) is 3.24. The van der Waals surface area contributed by atoms with Gasteiger partial charge in [-0.3, -0.25) is 0 Å². The minimum Gasteiger partial charge on any atom is -0.429 e. The maximum absolute atomic E-state index is 5.96. The van der Waals surface area contributed by atoms with E-state index in [2.05, 4.69) is 71.4 Å². The third-order valence-electron chi connectivity index (χ3n) is 3.22. The van der Waals surface area contributed by atoms with Crippen molar-refractivity contribution in [1.29, 1.82) is 0 Å². The van der Waals surface area contributed by atoms with Crippen molar-refractivity contribution in [2.75, 3.05) is 6.73 Å².